The zero-order valence-electron chi connectivity index (χ0n) is 16.3. The van der Waals surface area contributed by atoms with Crippen LogP contribution in [0, 0.1) is 0 Å². The van der Waals surface area contributed by atoms with Crippen molar-refractivity contribution in [3.05, 3.63) is 36.3 Å². The molecule has 4 rings (SSSR count). The van der Waals surface area contributed by atoms with E-state index in [2.05, 4.69) is 24.8 Å². The third kappa shape index (κ3) is 4.67. The third-order valence-corrected chi connectivity index (χ3v) is 5.48. The average molecular weight is 384 g/mol. The lowest BCUT2D eigenvalue weighted by molar-refractivity contribution is 0.0736. The van der Waals surface area contributed by atoms with Crippen LogP contribution in [0.3, 0.4) is 0 Å². The number of nitrogens with zero attached hydrogens (tertiary/aromatic N) is 6. The molecule has 2 saturated heterocycles. The lowest BCUT2D eigenvalue weighted by atomic mass is 10.1. The van der Waals surface area contributed by atoms with E-state index < -0.39 is 0 Å². The summed E-state index contributed by atoms with van der Waals surface area (Å²) >= 11 is 0. The van der Waals surface area contributed by atoms with E-state index in [0.717, 1.165) is 58.1 Å². The standard InChI is InChI=1S/C20H28N6O2/c27-19(25-9-4-2-1-3-5-10-25)17-16-28-18(23-17)15-24-11-13-26(14-12-24)20-21-7-6-8-22-20/h6-8,16H,1-5,9-15H2. The topological polar surface area (TPSA) is 78.6 Å². The zero-order valence-corrected chi connectivity index (χ0v) is 16.3. The van der Waals surface area contributed by atoms with E-state index in [0.29, 0.717) is 18.1 Å². The van der Waals surface area contributed by atoms with Gasteiger partial charge in [-0.25, -0.2) is 15.0 Å². The number of anilines is 1. The van der Waals surface area contributed by atoms with Crippen LogP contribution in [0.1, 0.15) is 48.5 Å². The van der Waals surface area contributed by atoms with E-state index in [1.807, 2.05) is 11.0 Å². The molecular formula is C20H28N6O2. The van der Waals surface area contributed by atoms with Crippen molar-refractivity contribution in [3.63, 3.8) is 0 Å². The van der Waals surface area contributed by atoms with E-state index in [4.69, 9.17) is 4.42 Å². The summed E-state index contributed by atoms with van der Waals surface area (Å²) in [6.45, 7) is 5.77. The van der Waals surface area contributed by atoms with Crippen LogP contribution in [-0.2, 0) is 6.54 Å². The van der Waals surface area contributed by atoms with Crippen LogP contribution in [-0.4, -0.2) is 69.9 Å². The number of amides is 1. The lowest BCUT2D eigenvalue weighted by Gasteiger charge is -2.33. The van der Waals surface area contributed by atoms with Crippen LogP contribution in [0.2, 0.25) is 0 Å². The average Bonchev–Trinajstić information content (AvgIpc) is 3.17. The molecule has 8 nitrogen and oxygen atoms in total. The van der Waals surface area contributed by atoms with Crippen molar-refractivity contribution in [2.75, 3.05) is 44.2 Å². The largest absolute Gasteiger partial charge is 0.447 e. The summed E-state index contributed by atoms with van der Waals surface area (Å²) in [6, 6.07) is 1.83. The first-order chi connectivity index (χ1) is 13.8. The van der Waals surface area contributed by atoms with Crippen LogP contribution in [0.4, 0.5) is 5.95 Å². The van der Waals surface area contributed by atoms with Gasteiger partial charge in [0.1, 0.15) is 6.26 Å². The molecule has 0 bridgehead atoms. The number of rotatable bonds is 4. The molecule has 2 aromatic heterocycles. The Labute approximate surface area is 165 Å². The maximum atomic E-state index is 12.7. The lowest BCUT2D eigenvalue weighted by Crippen LogP contribution is -2.46. The predicted molar refractivity (Wildman–Crippen MR) is 105 cm³/mol. The van der Waals surface area contributed by atoms with Crippen molar-refractivity contribution in [1.82, 2.24) is 24.8 Å². The van der Waals surface area contributed by atoms with Gasteiger partial charge in [-0.3, -0.25) is 9.69 Å². The molecule has 0 unspecified atom stereocenters. The number of carbonyl (C=O) groups is 1. The van der Waals surface area contributed by atoms with Crippen molar-refractivity contribution in [2.24, 2.45) is 0 Å². The molecule has 2 aliphatic rings. The van der Waals surface area contributed by atoms with Crippen LogP contribution in [0.15, 0.2) is 29.1 Å². The van der Waals surface area contributed by atoms with Gasteiger partial charge in [0.15, 0.2) is 5.69 Å². The van der Waals surface area contributed by atoms with Crippen molar-refractivity contribution in [2.45, 2.75) is 38.6 Å². The minimum atomic E-state index is 0.00273. The summed E-state index contributed by atoms with van der Waals surface area (Å²) in [5, 5.41) is 0. The summed E-state index contributed by atoms with van der Waals surface area (Å²) in [5.41, 5.74) is 0.437. The Kier molecular flexibility index (Phi) is 6.16. The fourth-order valence-corrected chi connectivity index (χ4v) is 3.85. The first kappa shape index (κ1) is 18.9. The zero-order chi connectivity index (χ0) is 19.2. The maximum absolute atomic E-state index is 12.7. The number of hydrogen-bond acceptors (Lipinski definition) is 7. The molecule has 4 heterocycles. The van der Waals surface area contributed by atoms with Gasteiger partial charge in [0.25, 0.3) is 5.91 Å². The molecule has 0 aliphatic carbocycles. The summed E-state index contributed by atoms with van der Waals surface area (Å²) in [7, 11) is 0. The Morgan fingerprint density at radius 3 is 2.32 bits per heavy atom. The van der Waals surface area contributed by atoms with Gasteiger partial charge in [-0.15, -0.1) is 0 Å². The van der Waals surface area contributed by atoms with Gasteiger partial charge < -0.3 is 14.2 Å². The molecule has 0 radical (unpaired) electrons. The number of likely N-dealkylation sites (tertiary alicyclic amines) is 1. The molecule has 0 atom stereocenters. The predicted octanol–water partition coefficient (Wildman–Crippen LogP) is 2.19. The molecule has 0 saturated carbocycles. The summed E-state index contributed by atoms with van der Waals surface area (Å²) in [4.78, 5) is 32.2. The van der Waals surface area contributed by atoms with Gasteiger partial charge >= 0.3 is 0 Å². The molecule has 0 aromatic carbocycles. The fourth-order valence-electron chi connectivity index (χ4n) is 3.85. The van der Waals surface area contributed by atoms with Gasteiger partial charge in [0.05, 0.1) is 6.54 Å². The Morgan fingerprint density at radius 2 is 1.61 bits per heavy atom. The number of piperazine rings is 1. The second kappa shape index (κ2) is 9.14. The number of hydrogen-bond donors (Lipinski definition) is 0. The molecule has 2 fully saturated rings. The smallest absolute Gasteiger partial charge is 0.275 e. The van der Waals surface area contributed by atoms with Crippen LogP contribution in [0.25, 0.3) is 0 Å². The quantitative estimate of drug-likeness (QED) is 0.799. The van der Waals surface area contributed by atoms with Crippen molar-refractivity contribution in [1.29, 1.82) is 0 Å². The van der Waals surface area contributed by atoms with Crippen LogP contribution >= 0.6 is 0 Å². The molecule has 28 heavy (non-hydrogen) atoms. The highest BCUT2D eigenvalue weighted by molar-refractivity contribution is 5.92. The van der Waals surface area contributed by atoms with E-state index in [1.54, 1.807) is 12.4 Å². The Hall–Kier alpha value is -2.48. The Bertz CT molecular complexity index is 749. The van der Waals surface area contributed by atoms with Gasteiger partial charge in [-0.05, 0) is 18.9 Å². The maximum Gasteiger partial charge on any atom is 0.275 e. The monoisotopic (exact) mass is 384 g/mol. The van der Waals surface area contributed by atoms with Gasteiger partial charge in [0.2, 0.25) is 11.8 Å². The van der Waals surface area contributed by atoms with Gasteiger partial charge in [-0.2, -0.15) is 0 Å². The molecular weight excluding hydrogens is 356 g/mol. The summed E-state index contributed by atoms with van der Waals surface area (Å²) in [6.07, 6.45) is 10.9. The Balaban J connectivity index is 1.29. The molecule has 0 N–H and O–H groups in total. The van der Waals surface area contributed by atoms with E-state index >= 15 is 0 Å². The highest BCUT2D eigenvalue weighted by Crippen LogP contribution is 2.15. The number of oxazole rings is 1. The molecule has 8 heteroatoms. The first-order valence-electron chi connectivity index (χ1n) is 10.3. The molecule has 0 spiro atoms. The molecule has 2 aliphatic heterocycles. The third-order valence-electron chi connectivity index (χ3n) is 5.48. The highest BCUT2D eigenvalue weighted by Gasteiger charge is 2.23. The summed E-state index contributed by atoms with van der Waals surface area (Å²) in [5.74, 6) is 1.39. The molecule has 150 valence electrons. The van der Waals surface area contributed by atoms with Crippen molar-refractivity contribution in [3.8, 4) is 0 Å². The minimum absolute atomic E-state index is 0.00273. The van der Waals surface area contributed by atoms with E-state index in [-0.39, 0.29) is 5.91 Å². The van der Waals surface area contributed by atoms with Gasteiger partial charge in [0, 0.05) is 51.7 Å². The van der Waals surface area contributed by atoms with Crippen LogP contribution in [0.5, 0.6) is 0 Å². The second-order valence-electron chi connectivity index (χ2n) is 7.50. The molecule has 2 aromatic rings. The normalized spacial score (nSPS) is 19.3. The molecule has 1 amide bonds. The first-order valence-corrected chi connectivity index (χ1v) is 10.3. The fraction of sp³-hybridized carbons (Fsp3) is 0.600. The SMILES string of the molecule is O=C(c1coc(CN2CCN(c3ncccn3)CC2)n1)N1CCCCCCC1. The van der Waals surface area contributed by atoms with Gasteiger partial charge in [-0.1, -0.05) is 19.3 Å². The number of carbonyl (C=O) groups excluding carboxylic acids is 1. The van der Waals surface area contributed by atoms with Crippen molar-refractivity contribution >= 4 is 11.9 Å². The highest BCUT2D eigenvalue weighted by atomic mass is 16.3. The van der Waals surface area contributed by atoms with E-state index in [9.17, 15) is 4.79 Å². The second-order valence-corrected chi connectivity index (χ2v) is 7.50. The minimum Gasteiger partial charge on any atom is -0.447 e. The number of aromatic nitrogens is 3. The van der Waals surface area contributed by atoms with E-state index in [1.165, 1.54) is 25.5 Å². The van der Waals surface area contributed by atoms with Crippen molar-refractivity contribution < 1.29 is 9.21 Å². The summed E-state index contributed by atoms with van der Waals surface area (Å²) < 4.78 is 5.61. The van der Waals surface area contributed by atoms with Crippen LogP contribution < -0.4 is 4.90 Å². The Morgan fingerprint density at radius 1 is 0.929 bits per heavy atom.